The highest BCUT2D eigenvalue weighted by Gasteiger charge is 2.15. The normalized spacial score (nSPS) is 10.7. The van der Waals surface area contributed by atoms with Crippen molar-refractivity contribution in [2.45, 2.75) is 19.8 Å². The van der Waals surface area contributed by atoms with Crippen LogP contribution < -0.4 is 11.6 Å². The number of hydrogen-bond acceptors (Lipinski definition) is 3. The average molecular weight is 295 g/mol. The second-order valence-electron chi connectivity index (χ2n) is 3.86. The van der Waals surface area contributed by atoms with Crippen LogP contribution in [0.1, 0.15) is 19.2 Å². The standard InChI is InChI=1S/C12H15BrN4/c1-2-5-10-16-11(12(14)17(10)15)8-6-3-4-7-9(8)13/h3-4,6-7H,2,5,14-15H2,1H3. The maximum absolute atomic E-state index is 5.99. The average Bonchev–Trinajstić information content (AvgIpc) is 2.59. The van der Waals surface area contributed by atoms with Gasteiger partial charge in [-0.1, -0.05) is 41.1 Å². The Kier molecular flexibility index (Phi) is 3.38. The van der Waals surface area contributed by atoms with Gasteiger partial charge in [0.05, 0.1) is 0 Å². The third-order valence-corrected chi connectivity index (χ3v) is 3.32. The van der Waals surface area contributed by atoms with Gasteiger partial charge in [0.25, 0.3) is 0 Å². The molecule has 0 saturated carbocycles. The van der Waals surface area contributed by atoms with Crippen LogP contribution in [0.3, 0.4) is 0 Å². The van der Waals surface area contributed by atoms with E-state index in [0.717, 1.165) is 34.4 Å². The molecule has 1 aromatic heterocycles. The van der Waals surface area contributed by atoms with Crippen LogP contribution in [0.4, 0.5) is 5.82 Å². The van der Waals surface area contributed by atoms with Crippen molar-refractivity contribution in [1.82, 2.24) is 9.66 Å². The minimum atomic E-state index is 0.500. The lowest BCUT2D eigenvalue weighted by Crippen LogP contribution is -2.15. The highest BCUT2D eigenvalue weighted by Crippen LogP contribution is 2.31. The van der Waals surface area contributed by atoms with E-state index in [4.69, 9.17) is 11.6 Å². The zero-order chi connectivity index (χ0) is 12.4. The van der Waals surface area contributed by atoms with Crippen molar-refractivity contribution in [3.05, 3.63) is 34.6 Å². The van der Waals surface area contributed by atoms with Crippen LogP contribution in [-0.2, 0) is 6.42 Å². The number of nitrogen functional groups attached to an aromatic ring is 2. The van der Waals surface area contributed by atoms with Gasteiger partial charge in [0, 0.05) is 16.5 Å². The fraction of sp³-hybridized carbons (Fsp3) is 0.250. The van der Waals surface area contributed by atoms with Crippen molar-refractivity contribution in [3.63, 3.8) is 0 Å². The largest absolute Gasteiger partial charge is 0.382 e. The van der Waals surface area contributed by atoms with Crippen molar-refractivity contribution in [2.75, 3.05) is 11.6 Å². The highest BCUT2D eigenvalue weighted by molar-refractivity contribution is 9.10. The van der Waals surface area contributed by atoms with E-state index in [0.29, 0.717) is 5.82 Å². The van der Waals surface area contributed by atoms with Crippen LogP contribution in [0, 0.1) is 0 Å². The fourth-order valence-electron chi connectivity index (χ4n) is 1.74. The lowest BCUT2D eigenvalue weighted by molar-refractivity contribution is 0.794. The number of rotatable bonds is 3. The molecule has 1 heterocycles. The maximum Gasteiger partial charge on any atom is 0.150 e. The van der Waals surface area contributed by atoms with Crippen molar-refractivity contribution in [1.29, 1.82) is 0 Å². The molecule has 0 amide bonds. The molecule has 2 rings (SSSR count). The Morgan fingerprint density at radius 3 is 2.71 bits per heavy atom. The minimum Gasteiger partial charge on any atom is -0.382 e. The molecule has 0 atom stereocenters. The van der Waals surface area contributed by atoms with Crippen LogP contribution >= 0.6 is 15.9 Å². The summed E-state index contributed by atoms with van der Waals surface area (Å²) in [4.78, 5) is 4.51. The van der Waals surface area contributed by atoms with Gasteiger partial charge in [-0.2, -0.15) is 0 Å². The molecular formula is C12H15BrN4. The van der Waals surface area contributed by atoms with Crippen LogP contribution in [0.5, 0.6) is 0 Å². The number of nitrogens with zero attached hydrogens (tertiary/aromatic N) is 2. The summed E-state index contributed by atoms with van der Waals surface area (Å²) in [6, 6.07) is 7.84. The minimum absolute atomic E-state index is 0.500. The summed E-state index contributed by atoms with van der Waals surface area (Å²) in [5.74, 6) is 7.21. The summed E-state index contributed by atoms with van der Waals surface area (Å²) < 4.78 is 2.44. The summed E-state index contributed by atoms with van der Waals surface area (Å²) in [6.45, 7) is 2.09. The quantitative estimate of drug-likeness (QED) is 0.855. The topological polar surface area (TPSA) is 69.9 Å². The van der Waals surface area contributed by atoms with E-state index in [2.05, 4.69) is 27.8 Å². The predicted molar refractivity (Wildman–Crippen MR) is 73.9 cm³/mol. The monoisotopic (exact) mass is 294 g/mol. The number of benzene rings is 1. The molecule has 0 aliphatic carbocycles. The number of halogens is 1. The van der Waals surface area contributed by atoms with E-state index >= 15 is 0 Å². The first-order valence-electron chi connectivity index (χ1n) is 5.52. The van der Waals surface area contributed by atoms with E-state index in [9.17, 15) is 0 Å². The number of hydrogen-bond donors (Lipinski definition) is 2. The summed E-state index contributed by atoms with van der Waals surface area (Å²) >= 11 is 3.49. The molecule has 0 aliphatic heterocycles. The third-order valence-electron chi connectivity index (χ3n) is 2.62. The lowest BCUT2D eigenvalue weighted by atomic mass is 10.1. The molecule has 0 aliphatic rings. The zero-order valence-electron chi connectivity index (χ0n) is 9.65. The summed E-state index contributed by atoms with van der Waals surface area (Å²) in [7, 11) is 0. The third kappa shape index (κ3) is 2.15. The van der Waals surface area contributed by atoms with Crippen molar-refractivity contribution in [2.24, 2.45) is 0 Å². The van der Waals surface area contributed by atoms with Crippen LogP contribution in [0.25, 0.3) is 11.3 Å². The molecule has 0 radical (unpaired) electrons. The Balaban J connectivity index is 2.53. The second-order valence-corrected chi connectivity index (χ2v) is 4.72. The molecule has 0 spiro atoms. The number of imidazole rings is 1. The lowest BCUT2D eigenvalue weighted by Gasteiger charge is -2.02. The fourth-order valence-corrected chi connectivity index (χ4v) is 2.22. The molecule has 4 N–H and O–H groups in total. The van der Waals surface area contributed by atoms with Gasteiger partial charge < -0.3 is 11.6 Å². The van der Waals surface area contributed by atoms with Crippen LogP contribution in [0.2, 0.25) is 0 Å². The molecule has 90 valence electrons. The second kappa shape index (κ2) is 4.79. The van der Waals surface area contributed by atoms with Gasteiger partial charge in [-0.15, -0.1) is 0 Å². The summed E-state index contributed by atoms with van der Waals surface area (Å²) in [5.41, 5.74) is 7.69. The van der Waals surface area contributed by atoms with Gasteiger partial charge in [-0.05, 0) is 12.5 Å². The first-order chi connectivity index (χ1) is 8.15. The summed E-state index contributed by atoms with van der Waals surface area (Å²) in [5, 5.41) is 0. The van der Waals surface area contributed by atoms with E-state index in [1.54, 1.807) is 0 Å². The predicted octanol–water partition coefficient (Wildman–Crippen LogP) is 2.56. The van der Waals surface area contributed by atoms with Gasteiger partial charge in [-0.25, -0.2) is 9.66 Å². The van der Waals surface area contributed by atoms with Crippen molar-refractivity contribution in [3.8, 4) is 11.3 Å². The molecule has 4 nitrogen and oxygen atoms in total. The SMILES string of the molecule is CCCc1nc(-c2ccccc2Br)c(N)n1N. The summed E-state index contributed by atoms with van der Waals surface area (Å²) in [6.07, 6.45) is 1.81. The smallest absolute Gasteiger partial charge is 0.150 e. The molecule has 2 aromatic rings. The van der Waals surface area contributed by atoms with Crippen molar-refractivity contribution >= 4 is 21.7 Å². The van der Waals surface area contributed by atoms with Gasteiger partial charge in [0.15, 0.2) is 5.82 Å². The molecule has 1 aromatic carbocycles. The number of aromatic nitrogens is 2. The van der Waals surface area contributed by atoms with Crippen molar-refractivity contribution < 1.29 is 0 Å². The molecule has 0 unspecified atom stereocenters. The molecule has 17 heavy (non-hydrogen) atoms. The molecule has 0 bridgehead atoms. The molecule has 0 fully saturated rings. The first-order valence-corrected chi connectivity index (χ1v) is 6.31. The Bertz CT molecular complexity index is 533. The van der Waals surface area contributed by atoms with Gasteiger partial charge >= 0.3 is 0 Å². The number of anilines is 1. The first kappa shape index (κ1) is 12.0. The van der Waals surface area contributed by atoms with E-state index in [1.165, 1.54) is 4.68 Å². The van der Waals surface area contributed by atoms with Gasteiger partial charge in [0.2, 0.25) is 0 Å². The highest BCUT2D eigenvalue weighted by atomic mass is 79.9. The molecular weight excluding hydrogens is 280 g/mol. The maximum atomic E-state index is 5.99. The molecule has 0 saturated heterocycles. The van der Waals surface area contributed by atoms with Gasteiger partial charge in [0.1, 0.15) is 11.5 Å². The van der Waals surface area contributed by atoms with Crippen LogP contribution in [-0.4, -0.2) is 9.66 Å². The number of aryl methyl sites for hydroxylation is 1. The Morgan fingerprint density at radius 1 is 1.35 bits per heavy atom. The van der Waals surface area contributed by atoms with E-state index in [-0.39, 0.29) is 0 Å². The number of nitrogens with two attached hydrogens (primary N) is 2. The van der Waals surface area contributed by atoms with E-state index < -0.39 is 0 Å². The van der Waals surface area contributed by atoms with E-state index in [1.807, 2.05) is 24.3 Å². The van der Waals surface area contributed by atoms with Crippen LogP contribution in [0.15, 0.2) is 28.7 Å². The molecule has 5 heteroatoms. The zero-order valence-corrected chi connectivity index (χ0v) is 11.2. The van der Waals surface area contributed by atoms with Gasteiger partial charge in [-0.3, -0.25) is 0 Å². The Hall–Kier alpha value is -1.49. The Morgan fingerprint density at radius 2 is 2.06 bits per heavy atom. The Labute approximate surface area is 109 Å².